The molecule has 2 aromatic carbocycles. The third kappa shape index (κ3) is 1.09. The molecule has 0 saturated carbocycles. The summed E-state index contributed by atoms with van der Waals surface area (Å²) >= 11 is 0. The molecule has 0 N–H and O–H groups in total. The van der Waals surface area contributed by atoms with E-state index in [1.54, 1.807) is 12.0 Å². The Bertz CT molecular complexity index is 572. The highest BCUT2D eigenvalue weighted by Gasteiger charge is 2.28. The largest absolute Gasteiger partial charge is 0.364 e. The Morgan fingerprint density at radius 2 is 1.94 bits per heavy atom. The van der Waals surface area contributed by atoms with Crippen LogP contribution in [0.3, 0.4) is 0 Å². The average molecular weight is 213 g/mol. The molecule has 1 amide bonds. The predicted molar refractivity (Wildman–Crippen MR) is 62.6 cm³/mol. The Balaban J connectivity index is 2.31. The number of amides is 1. The first kappa shape index (κ1) is 9.36. The number of ether oxygens (including phenoxy) is 1. The second-order valence-electron chi connectivity index (χ2n) is 3.83. The maximum atomic E-state index is 12.1. The van der Waals surface area contributed by atoms with E-state index >= 15 is 0 Å². The van der Waals surface area contributed by atoms with Crippen LogP contribution in [0.2, 0.25) is 0 Å². The molecule has 0 radical (unpaired) electrons. The van der Waals surface area contributed by atoms with Crippen molar-refractivity contribution in [2.75, 3.05) is 18.7 Å². The van der Waals surface area contributed by atoms with Crippen molar-refractivity contribution >= 4 is 22.4 Å². The van der Waals surface area contributed by atoms with Crippen LogP contribution in [-0.4, -0.2) is 19.7 Å². The van der Waals surface area contributed by atoms with Gasteiger partial charge < -0.3 is 4.74 Å². The number of methoxy groups -OCH3 is 1. The summed E-state index contributed by atoms with van der Waals surface area (Å²) in [4.78, 5) is 13.8. The summed E-state index contributed by atoms with van der Waals surface area (Å²) in [6.07, 6.45) is 0. The quantitative estimate of drug-likeness (QED) is 0.766. The molecule has 3 rings (SSSR count). The molecule has 16 heavy (non-hydrogen) atoms. The van der Waals surface area contributed by atoms with Gasteiger partial charge in [-0.25, -0.2) is 0 Å². The van der Waals surface area contributed by atoms with Gasteiger partial charge in [0.25, 0.3) is 5.91 Å². The molecule has 0 saturated heterocycles. The Hall–Kier alpha value is -1.87. The molecule has 0 aliphatic carbocycles. The number of carbonyl (C=O) groups is 1. The number of anilines is 1. The molecule has 0 bridgehead atoms. The van der Waals surface area contributed by atoms with Gasteiger partial charge in [-0.1, -0.05) is 24.3 Å². The highest BCUT2D eigenvalue weighted by atomic mass is 16.5. The van der Waals surface area contributed by atoms with E-state index in [9.17, 15) is 4.79 Å². The van der Waals surface area contributed by atoms with E-state index in [2.05, 4.69) is 0 Å². The van der Waals surface area contributed by atoms with Crippen molar-refractivity contribution in [3.05, 3.63) is 42.0 Å². The van der Waals surface area contributed by atoms with Gasteiger partial charge in [-0.3, -0.25) is 9.69 Å². The lowest BCUT2D eigenvalue weighted by Crippen LogP contribution is -2.28. The Morgan fingerprint density at radius 1 is 1.19 bits per heavy atom. The van der Waals surface area contributed by atoms with Crippen LogP contribution in [0.1, 0.15) is 10.4 Å². The van der Waals surface area contributed by atoms with Crippen LogP contribution in [0, 0.1) is 0 Å². The van der Waals surface area contributed by atoms with Gasteiger partial charge in [0.1, 0.15) is 6.73 Å². The summed E-state index contributed by atoms with van der Waals surface area (Å²) in [7, 11) is 1.59. The van der Waals surface area contributed by atoms with Gasteiger partial charge in [0.2, 0.25) is 0 Å². The zero-order valence-corrected chi connectivity index (χ0v) is 8.93. The minimum absolute atomic E-state index is 0.0219. The second kappa shape index (κ2) is 3.32. The monoisotopic (exact) mass is 213 g/mol. The predicted octanol–water partition coefficient (Wildman–Crippen LogP) is 2.40. The molecule has 2 aromatic rings. The van der Waals surface area contributed by atoms with Crippen molar-refractivity contribution in [2.24, 2.45) is 0 Å². The van der Waals surface area contributed by atoms with E-state index in [4.69, 9.17) is 4.74 Å². The zero-order valence-electron chi connectivity index (χ0n) is 8.93. The van der Waals surface area contributed by atoms with Gasteiger partial charge in [-0.15, -0.1) is 0 Å². The first-order valence-corrected chi connectivity index (χ1v) is 5.15. The molecule has 3 heteroatoms. The van der Waals surface area contributed by atoms with Crippen molar-refractivity contribution in [3.8, 4) is 0 Å². The van der Waals surface area contributed by atoms with E-state index in [1.807, 2.05) is 36.4 Å². The maximum Gasteiger partial charge on any atom is 0.260 e. The van der Waals surface area contributed by atoms with Crippen LogP contribution >= 0.6 is 0 Å². The molecular formula is C13H11NO2. The van der Waals surface area contributed by atoms with E-state index < -0.39 is 0 Å². The van der Waals surface area contributed by atoms with E-state index in [-0.39, 0.29) is 5.91 Å². The fourth-order valence-corrected chi connectivity index (χ4v) is 2.24. The molecule has 80 valence electrons. The minimum Gasteiger partial charge on any atom is -0.364 e. The standard InChI is InChI=1S/C13H11NO2/c1-16-8-14-11-7-3-5-9-4-2-6-10(12(9)11)13(14)15/h2-7H,8H2,1H3. The molecule has 1 aliphatic heterocycles. The van der Waals surface area contributed by atoms with Crippen LogP contribution in [-0.2, 0) is 4.74 Å². The molecule has 0 spiro atoms. The minimum atomic E-state index is 0.0219. The molecular weight excluding hydrogens is 202 g/mol. The van der Waals surface area contributed by atoms with Crippen LogP contribution in [0.5, 0.6) is 0 Å². The van der Waals surface area contributed by atoms with E-state index in [0.29, 0.717) is 6.73 Å². The van der Waals surface area contributed by atoms with Crippen molar-refractivity contribution in [3.63, 3.8) is 0 Å². The summed E-state index contributed by atoms with van der Waals surface area (Å²) in [6.45, 7) is 0.298. The molecule has 0 unspecified atom stereocenters. The van der Waals surface area contributed by atoms with Gasteiger partial charge >= 0.3 is 0 Å². The van der Waals surface area contributed by atoms with Gasteiger partial charge in [-0.05, 0) is 17.5 Å². The van der Waals surface area contributed by atoms with Crippen LogP contribution < -0.4 is 4.90 Å². The number of carbonyl (C=O) groups excluding carboxylic acids is 1. The highest BCUT2D eigenvalue weighted by Crippen LogP contribution is 2.36. The number of benzene rings is 2. The fraction of sp³-hybridized carbons (Fsp3) is 0.154. The van der Waals surface area contributed by atoms with Gasteiger partial charge in [0, 0.05) is 18.1 Å². The smallest absolute Gasteiger partial charge is 0.260 e. The molecule has 1 heterocycles. The highest BCUT2D eigenvalue weighted by molar-refractivity contribution is 6.24. The number of hydrogen-bond donors (Lipinski definition) is 0. The summed E-state index contributed by atoms with van der Waals surface area (Å²) in [5, 5.41) is 2.13. The lowest BCUT2D eigenvalue weighted by Gasteiger charge is -2.15. The fourth-order valence-electron chi connectivity index (χ4n) is 2.24. The zero-order chi connectivity index (χ0) is 11.1. The SMILES string of the molecule is COCN1C(=O)c2cccc3cccc1c23. The van der Waals surface area contributed by atoms with Gasteiger partial charge in [-0.2, -0.15) is 0 Å². The van der Waals surface area contributed by atoms with Gasteiger partial charge in [0.15, 0.2) is 0 Å². The van der Waals surface area contributed by atoms with Crippen molar-refractivity contribution in [2.45, 2.75) is 0 Å². The van der Waals surface area contributed by atoms with Crippen LogP contribution in [0.4, 0.5) is 5.69 Å². The summed E-state index contributed by atoms with van der Waals surface area (Å²) < 4.78 is 5.06. The first-order valence-electron chi connectivity index (χ1n) is 5.15. The molecule has 1 aliphatic rings. The lowest BCUT2D eigenvalue weighted by atomic mass is 10.1. The Labute approximate surface area is 93.2 Å². The summed E-state index contributed by atoms with van der Waals surface area (Å²) in [5.74, 6) is 0.0219. The van der Waals surface area contributed by atoms with Crippen molar-refractivity contribution in [1.82, 2.24) is 0 Å². The summed E-state index contributed by atoms with van der Waals surface area (Å²) in [6, 6.07) is 11.7. The van der Waals surface area contributed by atoms with Crippen LogP contribution in [0.15, 0.2) is 36.4 Å². The van der Waals surface area contributed by atoms with Crippen molar-refractivity contribution < 1.29 is 9.53 Å². The average Bonchev–Trinajstić information content (AvgIpc) is 2.58. The van der Waals surface area contributed by atoms with Crippen LogP contribution in [0.25, 0.3) is 10.8 Å². The molecule has 0 atom stereocenters. The molecule has 3 nitrogen and oxygen atoms in total. The Kier molecular flexibility index (Phi) is 1.94. The summed E-state index contributed by atoms with van der Waals surface area (Å²) in [5.41, 5.74) is 1.71. The number of hydrogen-bond acceptors (Lipinski definition) is 2. The van der Waals surface area contributed by atoms with E-state index in [0.717, 1.165) is 22.0 Å². The first-order chi connectivity index (χ1) is 7.83. The lowest BCUT2D eigenvalue weighted by molar-refractivity contribution is 0.0944. The maximum absolute atomic E-state index is 12.1. The topological polar surface area (TPSA) is 29.5 Å². The van der Waals surface area contributed by atoms with Crippen molar-refractivity contribution in [1.29, 1.82) is 0 Å². The molecule has 0 aromatic heterocycles. The normalized spacial score (nSPS) is 13.8. The van der Waals surface area contributed by atoms with Gasteiger partial charge in [0.05, 0.1) is 5.69 Å². The number of rotatable bonds is 2. The van der Waals surface area contributed by atoms with E-state index in [1.165, 1.54) is 0 Å². The molecule has 0 fully saturated rings. The number of nitrogens with zero attached hydrogens (tertiary/aromatic N) is 1. The Morgan fingerprint density at radius 3 is 2.69 bits per heavy atom. The third-order valence-corrected chi connectivity index (χ3v) is 2.91. The third-order valence-electron chi connectivity index (χ3n) is 2.91. The second-order valence-corrected chi connectivity index (χ2v) is 3.83.